The highest BCUT2D eigenvalue weighted by Crippen LogP contribution is 2.29. The van der Waals surface area contributed by atoms with Crippen molar-refractivity contribution in [3.05, 3.63) is 46.1 Å². The Kier molecular flexibility index (Phi) is 6.16. The van der Waals surface area contributed by atoms with Crippen molar-refractivity contribution in [3.63, 3.8) is 0 Å². The Labute approximate surface area is 149 Å². The number of nitrogens with zero attached hydrogens (tertiary/aromatic N) is 1. The van der Waals surface area contributed by atoms with Gasteiger partial charge in [0.1, 0.15) is 10.9 Å². The number of aliphatic imine (C=N–C) groups is 1. The molecule has 0 spiro atoms. The minimum atomic E-state index is -4.70. The van der Waals surface area contributed by atoms with Gasteiger partial charge < -0.3 is 9.47 Å². The SMILES string of the molecule is CC(C)=C(Cl)N=C1OCCC/C1=C(/C)c1ccc(OC(F)(F)F)cc1. The zero-order valence-corrected chi connectivity index (χ0v) is 15.0. The molecule has 0 atom stereocenters. The minimum absolute atomic E-state index is 0.254. The van der Waals surface area contributed by atoms with E-state index in [4.69, 9.17) is 16.3 Å². The van der Waals surface area contributed by atoms with Crippen molar-refractivity contribution >= 4 is 23.1 Å². The number of ether oxygens (including phenoxy) is 2. The third kappa shape index (κ3) is 5.53. The lowest BCUT2D eigenvalue weighted by atomic mass is 9.96. The Morgan fingerprint density at radius 1 is 1.16 bits per heavy atom. The molecule has 1 heterocycles. The van der Waals surface area contributed by atoms with E-state index in [0.717, 1.165) is 35.1 Å². The van der Waals surface area contributed by atoms with Crippen LogP contribution in [0.2, 0.25) is 0 Å². The van der Waals surface area contributed by atoms with Gasteiger partial charge in [-0.1, -0.05) is 23.7 Å². The van der Waals surface area contributed by atoms with Crippen LogP contribution in [0.25, 0.3) is 5.57 Å². The monoisotopic (exact) mass is 373 g/mol. The normalized spacial score (nSPS) is 18.6. The first-order chi connectivity index (χ1) is 11.7. The van der Waals surface area contributed by atoms with E-state index in [-0.39, 0.29) is 5.75 Å². The van der Waals surface area contributed by atoms with Gasteiger partial charge in [-0.2, -0.15) is 0 Å². The molecule has 0 aliphatic carbocycles. The van der Waals surface area contributed by atoms with Crippen LogP contribution in [0.15, 0.2) is 45.6 Å². The number of alkyl halides is 3. The van der Waals surface area contributed by atoms with Crippen molar-refractivity contribution in [1.29, 1.82) is 0 Å². The van der Waals surface area contributed by atoms with Crippen molar-refractivity contribution in [2.45, 2.75) is 40.0 Å². The summed E-state index contributed by atoms with van der Waals surface area (Å²) in [5, 5.41) is 0.371. The Hall–Kier alpha value is -1.95. The molecule has 0 unspecified atom stereocenters. The van der Waals surface area contributed by atoms with Crippen molar-refractivity contribution < 1.29 is 22.6 Å². The lowest BCUT2D eigenvalue weighted by Crippen LogP contribution is -2.18. The molecule has 0 bridgehead atoms. The van der Waals surface area contributed by atoms with Gasteiger partial charge in [0.2, 0.25) is 5.90 Å². The third-order valence-corrected chi connectivity index (χ3v) is 4.12. The smallest absolute Gasteiger partial charge is 0.477 e. The average molecular weight is 374 g/mol. The van der Waals surface area contributed by atoms with Crippen LogP contribution < -0.4 is 4.74 Å². The molecule has 0 radical (unpaired) electrons. The van der Waals surface area contributed by atoms with Crippen molar-refractivity contribution in [1.82, 2.24) is 0 Å². The van der Waals surface area contributed by atoms with Crippen LogP contribution in [0.1, 0.15) is 39.2 Å². The van der Waals surface area contributed by atoms with E-state index in [9.17, 15) is 13.2 Å². The molecule has 136 valence electrons. The van der Waals surface area contributed by atoms with E-state index in [1.54, 1.807) is 12.1 Å². The number of hydrogen-bond donors (Lipinski definition) is 0. The van der Waals surface area contributed by atoms with Crippen molar-refractivity contribution in [3.8, 4) is 5.75 Å². The van der Waals surface area contributed by atoms with Crippen LogP contribution >= 0.6 is 11.6 Å². The summed E-state index contributed by atoms with van der Waals surface area (Å²) in [6.45, 7) is 6.14. The highest BCUT2D eigenvalue weighted by Gasteiger charge is 2.31. The largest absolute Gasteiger partial charge is 0.573 e. The first-order valence-electron chi connectivity index (χ1n) is 7.78. The summed E-state index contributed by atoms with van der Waals surface area (Å²) in [5.41, 5.74) is 3.43. The maximum absolute atomic E-state index is 12.2. The molecule has 0 N–H and O–H groups in total. The lowest BCUT2D eigenvalue weighted by molar-refractivity contribution is -0.274. The fourth-order valence-electron chi connectivity index (χ4n) is 2.34. The number of halogens is 4. The molecule has 0 amide bonds. The number of benzene rings is 1. The molecule has 1 aliphatic rings. The predicted octanol–water partition coefficient (Wildman–Crippen LogP) is 6.06. The molecule has 2 rings (SSSR count). The van der Waals surface area contributed by atoms with E-state index in [1.807, 2.05) is 20.8 Å². The van der Waals surface area contributed by atoms with E-state index in [0.29, 0.717) is 17.7 Å². The standard InChI is InChI=1S/C18H19ClF3NO2/c1-11(2)16(19)23-17-15(5-4-10-24-17)12(3)13-6-8-14(9-7-13)25-18(20,21)22/h6-9H,4-5,10H2,1-3H3/b15-12+,23-17?. The molecular formula is C18H19ClF3NO2. The highest BCUT2D eigenvalue weighted by atomic mass is 35.5. The summed E-state index contributed by atoms with van der Waals surface area (Å²) in [6, 6.07) is 5.74. The topological polar surface area (TPSA) is 30.8 Å². The molecule has 25 heavy (non-hydrogen) atoms. The fourth-order valence-corrected chi connectivity index (χ4v) is 2.42. The first-order valence-corrected chi connectivity index (χ1v) is 8.16. The van der Waals surface area contributed by atoms with Gasteiger partial charge in [0.15, 0.2) is 0 Å². The zero-order chi connectivity index (χ0) is 18.6. The van der Waals surface area contributed by atoms with Gasteiger partial charge in [-0.25, -0.2) is 4.99 Å². The molecular weight excluding hydrogens is 355 g/mol. The average Bonchev–Trinajstić information content (AvgIpc) is 2.54. The summed E-state index contributed by atoms with van der Waals surface area (Å²) < 4.78 is 46.3. The summed E-state index contributed by atoms with van der Waals surface area (Å²) >= 11 is 6.11. The van der Waals surface area contributed by atoms with E-state index in [1.165, 1.54) is 12.1 Å². The second-order valence-corrected chi connectivity index (χ2v) is 6.19. The van der Waals surface area contributed by atoms with Gasteiger partial charge in [-0.3, -0.25) is 0 Å². The van der Waals surface area contributed by atoms with Gasteiger partial charge in [-0.15, -0.1) is 13.2 Å². The molecule has 1 aromatic carbocycles. The maximum atomic E-state index is 12.2. The molecule has 3 nitrogen and oxygen atoms in total. The molecule has 1 fully saturated rings. The molecule has 7 heteroatoms. The number of allylic oxidation sites excluding steroid dienone is 2. The number of hydrogen-bond acceptors (Lipinski definition) is 3. The van der Waals surface area contributed by atoms with Crippen LogP contribution in [-0.2, 0) is 4.74 Å². The minimum Gasteiger partial charge on any atom is -0.477 e. The Bertz CT molecular complexity index is 715. The zero-order valence-electron chi connectivity index (χ0n) is 14.2. The third-order valence-electron chi connectivity index (χ3n) is 3.65. The lowest BCUT2D eigenvalue weighted by Gasteiger charge is -2.21. The van der Waals surface area contributed by atoms with Crippen LogP contribution in [0.4, 0.5) is 13.2 Å². The quantitative estimate of drug-likeness (QED) is 0.603. The second kappa shape index (κ2) is 7.95. The Morgan fingerprint density at radius 3 is 2.36 bits per heavy atom. The summed E-state index contributed by atoms with van der Waals surface area (Å²) in [5.74, 6) is 0.209. The highest BCUT2D eigenvalue weighted by molar-refractivity contribution is 6.30. The van der Waals surface area contributed by atoms with Crippen LogP contribution in [0.3, 0.4) is 0 Å². The van der Waals surface area contributed by atoms with Crippen LogP contribution in [0, 0.1) is 0 Å². The molecule has 1 aromatic rings. The summed E-state index contributed by atoms with van der Waals surface area (Å²) in [6.07, 6.45) is -3.10. The maximum Gasteiger partial charge on any atom is 0.573 e. The van der Waals surface area contributed by atoms with Gasteiger partial charge >= 0.3 is 6.36 Å². The second-order valence-electron chi connectivity index (χ2n) is 5.84. The first kappa shape index (κ1) is 19.4. The van der Waals surface area contributed by atoms with Crippen LogP contribution in [0.5, 0.6) is 5.75 Å². The molecule has 1 saturated heterocycles. The molecule has 0 saturated carbocycles. The molecule has 0 aromatic heterocycles. The number of rotatable bonds is 3. The van der Waals surface area contributed by atoms with Gasteiger partial charge in [0.05, 0.1) is 6.61 Å². The van der Waals surface area contributed by atoms with Crippen LogP contribution in [-0.4, -0.2) is 18.9 Å². The summed E-state index contributed by atoms with van der Waals surface area (Å²) in [4.78, 5) is 4.34. The van der Waals surface area contributed by atoms with E-state index in [2.05, 4.69) is 9.73 Å². The van der Waals surface area contributed by atoms with E-state index >= 15 is 0 Å². The predicted molar refractivity (Wildman–Crippen MR) is 92.6 cm³/mol. The van der Waals surface area contributed by atoms with E-state index < -0.39 is 6.36 Å². The fraction of sp³-hybridized carbons (Fsp3) is 0.389. The summed E-state index contributed by atoms with van der Waals surface area (Å²) in [7, 11) is 0. The van der Waals surface area contributed by atoms with Gasteiger partial charge in [0.25, 0.3) is 0 Å². The van der Waals surface area contributed by atoms with Crippen molar-refractivity contribution in [2.75, 3.05) is 6.61 Å². The van der Waals surface area contributed by atoms with Gasteiger partial charge in [0, 0.05) is 5.57 Å². The molecule has 1 aliphatic heterocycles. The Balaban J connectivity index is 2.34. The van der Waals surface area contributed by atoms with Crippen molar-refractivity contribution in [2.24, 2.45) is 4.99 Å². The van der Waals surface area contributed by atoms with Gasteiger partial charge in [-0.05, 0) is 62.5 Å². The Morgan fingerprint density at radius 2 is 1.80 bits per heavy atom.